The van der Waals surface area contributed by atoms with Gasteiger partial charge >= 0.3 is 0 Å². The molecule has 28 heavy (non-hydrogen) atoms. The highest BCUT2D eigenvalue weighted by Gasteiger charge is 2.40. The van der Waals surface area contributed by atoms with E-state index in [-0.39, 0.29) is 16.6 Å². The molecule has 0 aromatic heterocycles. The summed E-state index contributed by atoms with van der Waals surface area (Å²) in [7, 11) is -3.81. The SMILES string of the molecule is O=[N+]([O-])c1cccc(S(=O)(=O)N2CCN(C3CC3)CC2Cc2ccccc2)c1. The number of piperazine rings is 1. The molecule has 1 aliphatic heterocycles. The molecule has 2 fully saturated rings. The molecule has 2 aromatic carbocycles. The zero-order valence-electron chi connectivity index (χ0n) is 15.5. The van der Waals surface area contributed by atoms with Crippen LogP contribution in [0, 0.1) is 10.1 Å². The molecule has 7 nitrogen and oxygen atoms in total. The van der Waals surface area contributed by atoms with Crippen molar-refractivity contribution in [2.24, 2.45) is 0 Å². The van der Waals surface area contributed by atoms with Crippen LogP contribution < -0.4 is 0 Å². The summed E-state index contributed by atoms with van der Waals surface area (Å²) in [6.07, 6.45) is 2.98. The summed E-state index contributed by atoms with van der Waals surface area (Å²) in [6.45, 7) is 1.79. The average Bonchev–Trinajstić information content (AvgIpc) is 3.54. The highest BCUT2D eigenvalue weighted by atomic mass is 32.2. The summed E-state index contributed by atoms with van der Waals surface area (Å²) < 4.78 is 28.2. The molecule has 0 radical (unpaired) electrons. The lowest BCUT2D eigenvalue weighted by Crippen LogP contribution is -2.56. The van der Waals surface area contributed by atoms with Gasteiger partial charge in [0.25, 0.3) is 5.69 Å². The van der Waals surface area contributed by atoms with Gasteiger partial charge in [0.05, 0.1) is 9.82 Å². The average molecular weight is 401 g/mol. The Morgan fingerprint density at radius 3 is 2.46 bits per heavy atom. The molecule has 1 saturated carbocycles. The van der Waals surface area contributed by atoms with Crippen molar-refractivity contribution in [2.45, 2.75) is 36.2 Å². The first-order valence-electron chi connectivity index (χ1n) is 9.49. The molecule has 1 unspecified atom stereocenters. The number of hydrogen-bond donors (Lipinski definition) is 0. The van der Waals surface area contributed by atoms with Crippen LogP contribution >= 0.6 is 0 Å². The Morgan fingerprint density at radius 2 is 1.79 bits per heavy atom. The van der Waals surface area contributed by atoms with E-state index < -0.39 is 14.9 Å². The summed E-state index contributed by atoms with van der Waals surface area (Å²) in [5.41, 5.74) is 0.877. The van der Waals surface area contributed by atoms with Crippen molar-refractivity contribution < 1.29 is 13.3 Å². The molecule has 0 spiro atoms. The van der Waals surface area contributed by atoms with Crippen LogP contribution in [-0.4, -0.2) is 54.3 Å². The van der Waals surface area contributed by atoms with Gasteiger partial charge < -0.3 is 0 Å². The standard InChI is InChI=1S/C20H23N3O4S/c24-23(25)18-7-4-8-20(14-18)28(26,27)22-12-11-21(17-9-10-17)15-19(22)13-16-5-2-1-3-6-16/h1-8,14,17,19H,9-13,15H2. The number of hydrogen-bond acceptors (Lipinski definition) is 5. The fourth-order valence-corrected chi connectivity index (χ4v) is 5.54. The summed E-state index contributed by atoms with van der Waals surface area (Å²) in [4.78, 5) is 12.9. The third-order valence-electron chi connectivity index (χ3n) is 5.47. The fourth-order valence-electron chi connectivity index (χ4n) is 3.90. The van der Waals surface area contributed by atoms with Gasteiger partial charge in [-0.05, 0) is 30.9 Å². The predicted molar refractivity (Wildman–Crippen MR) is 106 cm³/mol. The molecule has 0 bridgehead atoms. The zero-order valence-corrected chi connectivity index (χ0v) is 16.3. The van der Waals surface area contributed by atoms with Gasteiger partial charge in [0.1, 0.15) is 0 Å². The molecule has 0 N–H and O–H groups in total. The Bertz CT molecular complexity index is 960. The van der Waals surface area contributed by atoms with Crippen LogP contribution in [0.5, 0.6) is 0 Å². The van der Waals surface area contributed by atoms with Crippen LogP contribution in [0.1, 0.15) is 18.4 Å². The first-order valence-corrected chi connectivity index (χ1v) is 10.9. The van der Waals surface area contributed by atoms with E-state index in [4.69, 9.17) is 0 Å². The Kier molecular flexibility index (Phi) is 5.18. The molecular formula is C20H23N3O4S. The lowest BCUT2D eigenvalue weighted by molar-refractivity contribution is -0.385. The van der Waals surface area contributed by atoms with Crippen molar-refractivity contribution in [1.82, 2.24) is 9.21 Å². The Hall–Kier alpha value is -2.29. The van der Waals surface area contributed by atoms with Crippen LogP contribution in [0.2, 0.25) is 0 Å². The third-order valence-corrected chi connectivity index (χ3v) is 7.42. The number of nitro groups is 1. The van der Waals surface area contributed by atoms with E-state index in [1.54, 1.807) is 0 Å². The minimum atomic E-state index is -3.81. The zero-order chi connectivity index (χ0) is 19.7. The number of benzene rings is 2. The second kappa shape index (κ2) is 7.62. The van der Waals surface area contributed by atoms with Crippen LogP contribution in [0.3, 0.4) is 0 Å². The van der Waals surface area contributed by atoms with E-state index in [9.17, 15) is 18.5 Å². The number of non-ortho nitro benzene ring substituents is 1. The number of nitrogens with zero attached hydrogens (tertiary/aromatic N) is 3. The minimum absolute atomic E-state index is 0.0142. The molecular weight excluding hydrogens is 378 g/mol. The summed E-state index contributed by atoms with van der Waals surface area (Å²) >= 11 is 0. The number of rotatable bonds is 6. The molecule has 1 saturated heterocycles. The van der Waals surface area contributed by atoms with E-state index in [1.165, 1.54) is 35.3 Å². The maximum atomic E-state index is 13.3. The molecule has 1 heterocycles. The van der Waals surface area contributed by atoms with Crippen LogP contribution in [0.25, 0.3) is 0 Å². The van der Waals surface area contributed by atoms with Gasteiger partial charge in [-0.1, -0.05) is 36.4 Å². The quantitative estimate of drug-likeness (QED) is 0.549. The van der Waals surface area contributed by atoms with Crippen molar-refractivity contribution in [3.8, 4) is 0 Å². The highest BCUT2D eigenvalue weighted by molar-refractivity contribution is 7.89. The minimum Gasteiger partial charge on any atom is -0.297 e. The van der Waals surface area contributed by atoms with Crippen LogP contribution in [-0.2, 0) is 16.4 Å². The van der Waals surface area contributed by atoms with Crippen molar-refractivity contribution in [2.75, 3.05) is 19.6 Å². The van der Waals surface area contributed by atoms with E-state index in [0.717, 1.165) is 11.6 Å². The highest BCUT2D eigenvalue weighted by Crippen LogP contribution is 2.32. The smallest absolute Gasteiger partial charge is 0.270 e. The van der Waals surface area contributed by atoms with Crippen molar-refractivity contribution in [1.29, 1.82) is 0 Å². The molecule has 1 aliphatic carbocycles. The molecule has 4 rings (SSSR count). The second-order valence-electron chi connectivity index (χ2n) is 7.44. The van der Waals surface area contributed by atoms with E-state index in [1.807, 2.05) is 30.3 Å². The van der Waals surface area contributed by atoms with Gasteiger partial charge in [0.15, 0.2) is 0 Å². The molecule has 0 amide bonds. The summed E-state index contributed by atoms with van der Waals surface area (Å²) in [5.74, 6) is 0. The van der Waals surface area contributed by atoms with Crippen molar-refractivity contribution >= 4 is 15.7 Å². The number of nitro benzene ring substituents is 1. The first kappa shape index (κ1) is 19.0. The summed E-state index contributed by atoms with van der Waals surface area (Å²) in [6, 6.07) is 15.6. The van der Waals surface area contributed by atoms with E-state index in [0.29, 0.717) is 32.1 Å². The van der Waals surface area contributed by atoms with Gasteiger partial charge in [-0.3, -0.25) is 15.0 Å². The van der Waals surface area contributed by atoms with Crippen molar-refractivity contribution in [3.05, 3.63) is 70.3 Å². The van der Waals surface area contributed by atoms with Gasteiger partial charge in [-0.15, -0.1) is 0 Å². The monoisotopic (exact) mass is 401 g/mol. The van der Waals surface area contributed by atoms with E-state index in [2.05, 4.69) is 4.90 Å². The largest absolute Gasteiger partial charge is 0.297 e. The van der Waals surface area contributed by atoms with Gasteiger partial charge in [0, 0.05) is 43.9 Å². The Morgan fingerprint density at radius 1 is 1.04 bits per heavy atom. The summed E-state index contributed by atoms with van der Waals surface area (Å²) in [5, 5.41) is 11.1. The topological polar surface area (TPSA) is 83.8 Å². The van der Waals surface area contributed by atoms with E-state index >= 15 is 0 Å². The maximum Gasteiger partial charge on any atom is 0.270 e. The van der Waals surface area contributed by atoms with Crippen LogP contribution in [0.15, 0.2) is 59.5 Å². The predicted octanol–water partition coefficient (Wildman–Crippen LogP) is 2.67. The van der Waals surface area contributed by atoms with Crippen LogP contribution in [0.4, 0.5) is 5.69 Å². The third kappa shape index (κ3) is 3.94. The molecule has 1 atom stereocenters. The first-order chi connectivity index (χ1) is 13.4. The normalized spacial score (nSPS) is 21.5. The lowest BCUT2D eigenvalue weighted by Gasteiger charge is -2.40. The molecule has 2 aliphatic rings. The second-order valence-corrected chi connectivity index (χ2v) is 9.33. The van der Waals surface area contributed by atoms with Gasteiger partial charge in [-0.25, -0.2) is 8.42 Å². The Labute approximate surface area is 164 Å². The van der Waals surface area contributed by atoms with Gasteiger partial charge in [0.2, 0.25) is 10.0 Å². The fraction of sp³-hybridized carbons (Fsp3) is 0.400. The molecule has 8 heteroatoms. The maximum absolute atomic E-state index is 13.3. The number of sulfonamides is 1. The lowest BCUT2D eigenvalue weighted by atomic mass is 10.0. The van der Waals surface area contributed by atoms with Gasteiger partial charge in [-0.2, -0.15) is 4.31 Å². The van der Waals surface area contributed by atoms with Crippen molar-refractivity contribution in [3.63, 3.8) is 0 Å². The Balaban J connectivity index is 1.64. The molecule has 2 aromatic rings. The molecule has 148 valence electrons.